The van der Waals surface area contributed by atoms with Gasteiger partial charge in [0.2, 0.25) is 10.0 Å². The molecular weight excluding hydrogens is 354 g/mol. The summed E-state index contributed by atoms with van der Waals surface area (Å²) < 4.78 is 26.9. The first kappa shape index (κ1) is 19.6. The van der Waals surface area contributed by atoms with Crippen LogP contribution in [0.4, 0.5) is 5.69 Å². The van der Waals surface area contributed by atoms with Crippen LogP contribution in [0.3, 0.4) is 0 Å². The maximum Gasteiger partial charge on any atom is 0.269 e. The second-order valence-corrected chi connectivity index (χ2v) is 7.84. The van der Waals surface area contributed by atoms with Crippen LogP contribution in [0.25, 0.3) is 11.1 Å². The van der Waals surface area contributed by atoms with Gasteiger partial charge < -0.3 is 0 Å². The van der Waals surface area contributed by atoms with E-state index in [2.05, 4.69) is 0 Å². The molecule has 0 aliphatic carbocycles. The van der Waals surface area contributed by atoms with Crippen molar-refractivity contribution in [3.8, 4) is 17.2 Å². The van der Waals surface area contributed by atoms with E-state index < -0.39 is 14.9 Å². The Morgan fingerprint density at radius 1 is 1.08 bits per heavy atom. The molecule has 0 amide bonds. The number of nitriles is 1. The Balaban J connectivity index is 2.30. The summed E-state index contributed by atoms with van der Waals surface area (Å²) in [6.45, 7) is 3.67. The van der Waals surface area contributed by atoms with Crippen LogP contribution in [0, 0.1) is 21.4 Å². The summed E-state index contributed by atoms with van der Waals surface area (Å²) in [5.41, 5.74) is 1.51. The lowest BCUT2D eigenvalue weighted by molar-refractivity contribution is -0.384. The van der Waals surface area contributed by atoms with Crippen molar-refractivity contribution in [3.05, 3.63) is 58.6 Å². The van der Waals surface area contributed by atoms with Crippen LogP contribution in [0.2, 0.25) is 0 Å². The van der Waals surface area contributed by atoms with Crippen LogP contribution in [0.1, 0.15) is 20.3 Å². The SMILES string of the molecule is CC(C)N(CCC#N)S(=O)(=O)c1ccc(-c2ccc([N+](=O)[O-])cc2)cc1. The van der Waals surface area contributed by atoms with E-state index in [0.717, 1.165) is 11.1 Å². The van der Waals surface area contributed by atoms with Gasteiger partial charge in [-0.3, -0.25) is 10.1 Å². The molecule has 0 radical (unpaired) electrons. The molecule has 26 heavy (non-hydrogen) atoms. The molecule has 2 aromatic rings. The Bertz CT molecular complexity index is 914. The smallest absolute Gasteiger partial charge is 0.258 e. The minimum absolute atomic E-state index is 0.00184. The van der Waals surface area contributed by atoms with Gasteiger partial charge in [-0.1, -0.05) is 12.1 Å². The van der Waals surface area contributed by atoms with Crippen LogP contribution in [0.15, 0.2) is 53.4 Å². The van der Waals surface area contributed by atoms with Crippen molar-refractivity contribution in [2.24, 2.45) is 0 Å². The van der Waals surface area contributed by atoms with Gasteiger partial charge in [0.05, 0.1) is 15.9 Å². The van der Waals surface area contributed by atoms with Crippen LogP contribution < -0.4 is 0 Å². The predicted octanol–water partition coefficient (Wildman–Crippen LogP) is 3.57. The summed E-state index contributed by atoms with van der Waals surface area (Å²) in [5.74, 6) is 0. The topological polar surface area (TPSA) is 104 Å². The number of nitrogens with zero attached hydrogens (tertiary/aromatic N) is 3. The van der Waals surface area contributed by atoms with E-state index in [0.29, 0.717) is 0 Å². The third-order valence-corrected chi connectivity index (χ3v) is 5.98. The molecule has 0 aliphatic rings. The van der Waals surface area contributed by atoms with Gasteiger partial charge in [0.25, 0.3) is 5.69 Å². The highest BCUT2D eigenvalue weighted by Gasteiger charge is 2.26. The van der Waals surface area contributed by atoms with Gasteiger partial charge in [-0.15, -0.1) is 0 Å². The third-order valence-electron chi connectivity index (χ3n) is 3.89. The van der Waals surface area contributed by atoms with E-state index in [9.17, 15) is 18.5 Å². The van der Waals surface area contributed by atoms with Crippen molar-refractivity contribution in [1.82, 2.24) is 4.31 Å². The van der Waals surface area contributed by atoms with E-state index in [1.165, 1.54) is 28.6 Å². The number of benzene rings is 2. The van der Waals surface area contributed by atoms with Gasteiger partial charge in [0, 0.05) is 31.1 Å². The maximum absolute atomic E-state index is 12.8. The van der Waals surface area contributed by atoms with Crippen molar-refractivity contribution >= 4 is 15.7 Å². The fourth-order valence-electron chi connectivity index (χ4n) is 2.55. The second-order valence-electron chi connectivity index (χ2n) is 5.95. The minimum Gasteiger partial charge on any atom is -0.258 e. The number of nitro groups is 1. The summed E-state index contributed by atoms with van der Waals surface area (Å²) >= 11 is 0. The lowest BCUT2D eigenvalue weighted by Gasteiger charge is -2.25. The van der Waals surface area contributed by atoms with Gasteiger partial charge in [-0.25, -0.2) is 8.42 Å². The Morgan fingerprint density at radius 2 is 1.58 bits per heavy atom. The van der Waals surface area contributed by atoms with Crippen molar-refractivity contribution in [1.29, 1.82) is 5.26 Å². The molecule has 0 bridgehead atoms. The molecule has 0 aromatic heterocycles. The third kappa shape index (κ3) is 4.25. The zero-order valence-corrected chi connectivity index (χ0v) is 15.3. The van der Waals surface area contributed by atoms with E-state index in [1.807, 2.05) is 6.07 Å². The van der Waals surface area contributed by atoms with Gasteiger partial charge in [-0.2, -0.15) is 9.57 Å². The zero-order chi connectivity index (χ0) is 19.3. The molecule has 8 heteroatoms. The predicted molar refractivity (Wildman–Crippen MR) is 97.8 cm³/mol. The van der Waals surface area contributed by atoms with Gasteiger partial charge in [0.15, 0.2) is 0 Å². The lowest BCUT2D eigenvalue weighted by atomic mass is 10.1. The highest BCUT2D eigenvalue weighted by atomic mass is 32.2. The summed E-state index contributed by atoms with van der Waals surface area (Å²) in [5, 5.41) is 19.4. The Kier molecular flexibility index (Phi) is 6.08. The molecular formula is C18H19N3O4S. The molecule has 0 saturated carbocycles. The average Bonchev–Trinajstić information content (AvgIpc) is 2.62. The second kappa shape index (κ2) is 8.08. The molecule has 2 rings (SSSR count). The van der Waals surface area contributed by atoms with E-state index in [4.69, 9.17) is 5.26 Å². The molecule has 0 saturated heterocycles. The molecule has 0 aliphatic heterocycles. The summed E-state index contributed by atoms with van der Waals surface area (Å²) in [4.78, 5) is 10.4. The summed E-state index contributed by atoms with van der Waals surface area (Å²) in [6, 6.07) is 14.1. The summed E-state index contributed by atoms with van der Waals surface area (Å²) in [7, 11) is -3.70. The van der Waals surface area contributed by atoms with E-state index >= 15 is 0 Å². The van der Waals surface area contributed by atoms with Crippen molar-refractivity contribution in [3.63, 3.8) is 0 Å². The maximum atomic E-state index is 12.8. The molecule has 0 heterocycles. The molecule has 136 valence electrons. The molecule has 7 nitrogen and oxygen atoms in total. The number of hydrogen-bond acceptors (Lipinski definition) is 5. The number of hydrogen-bond donors (Lipinski definition) is 0. The number of non-ortho nitro benzene ring substituents is 1. The Hall–Kier alpha value is -2.76. The lowest BCUT2D eigenvalue weighted by Crippen LogP contribution is -2.37. The van der Waals surface area contributed by atoms with Crippen molar-refractivity contribution in [2.45, 2.75) is 31.2 Å². The van der Waals surface area contributed by atoms with Gasteiger partial charge in [-0.05, 0) is 49.2 Å². The first-order chi connectivity index (χ1) is 12.3. The van der Waals surface area contributed by atoms with Gasteiger partial charge in [0.1, 0.15) is 0 Å². The Morgan fingerprint density at radius 3 is 2.00 bits per heavy atom. The van der Waals surface area contributed by atoms with Gasteiger partial charge >= 0.3 is 0 Å². The largest absolute Gasteiger partial charge is 0.269 e. The molecule has 0 unspecified atom stereocenters. The molecule has 0 atom stereocenters. The highest BCUT2D eigenvalue weighted by molar-refractivity contribution is 7.89. The fraction of sp³-hybridized carbons (Fsp3) is 0.278. The highest BCUT2D eigenvalue weighted by Crippen LogP contribution is 2.25. The average molecular weight is 373 g/mol. The fourth-order valence-corrected chi connectivity index (χ4v) is 4.18. The van der Waals surface area contributed by atoms with Crippen molar-refractivity contribution < 1.29 is 13.3 Å². The molecule has 0 spiro atoms. The van der Waals surface area contributed by atoms with E-state index in [-0.39, 0.29) is 29.6 Å². The number of nitro benzene ring substituents is 1. The Labute approximate surface area is 152 Å². The minimum atomic E-state index is -3.70. The molecule has 0 fully saturated rings. The van der Waals surface area contributed by atoms with Crippen molar-refractivity contribution in [2.75, 3.05) is 6.54 Å². The quantitative estimate of drug-likeness (QED) is 0.545. The molecule has 2 aromatic carbocycles. The standard InChI is InChI=1S/C18H19N3O4S/c1-14(2)20(13-3-12-19)26(24,25)18-10-6-16(7-11-18)15-4-8-17(9-5-15)21(22)23/h4-11,14H,3,13H2,1-2H3. The molecule has 0 N–H and O–H groups in total. The van der Waals surface area contributed by atoms with Crippen LogP contribution >= 0.6 is 0 Å². The monoisotopic (exact) mass is 373 g/mol. The van der Waals surface area contributed by atoms with Crippen LogP contribution in [-0.2, 0) is 10.0 Å². The number of sulfonamides is 1. The van der Waals surface area contributed by atoms with Crippen LogP contribution in [-0.4, -0.2) is 30.2 Å². The first-order valence-corrected chi connectivity index (χ1v) is 9.45. The van der Waals surface area contributed by atoms with Crippen LogP contribution in [0.5, 0.6) is 0 Å². The zero-order valence-electron chi connectivity index (χ0n) is 14.5. The van der Waals surface area contributed by atoms with E-state index in [1.54, 1.807) is 38.1 Å². The normalized spacial score (nSPS) is 11.5. The summed E-state index contributed by atoms with van der Waals surface area (Å²) in [6.07, 6.45) is 0.123. The first-order valence-electron chi connectivity index (χ1n) is 8.01. The number of rotatable bonds is 7.